The Kier molecular flexibility index (Phi) is 2.93. The van der Waals surface area contributed by atoms with E-state index in [1.807, 2.05) is 37.3 Å². The lowest BCUT2D eigenvalue weighted by atomic mass is 10.2. The zero-order chi connectivity index (χ0) is 15.1. The summed E-state index contributed by atoms with van der Waals surface area (Å²) in [6, 6.07) is 9.36. The Morgan fingerprint density at radius 3 is 3.09 bits per heavy atom. The van der Waals surface area contributed by atoms with Crippen molar-refractivity contribution < 1.29 is 4.42 Å². The first kappa shape index (κ1) is 13.0. The van der Waals surface area contributed by atoms with Crippen LogP contribution in [0.1, 0.15) is 11.3 Å². The van der Waals surface area contributed by atoms with E-state index in [0.717, 1.165) is 11.3 Å². The smallest absolute Gasteiger partial charge is 0.283 e. The summed E-state index contributed by atoms with van der Waals surface area (Å²) in [7, 11) is 0. The molecule has 6 nitrogen and oxygen atoms in total. The van der Waals surface area contributed by atoms with Crippen LogP contribution in [0.4, 0.5) is 5.13 Å². The molecule has 22 heavy (non-hydrogen) atoms. The predicted molar refractivity (Wildman–Crippen MR) is 85.4 cm³/mol. The van der Waals surface area contributed by atoms with Gasteiger partial charge in [0.25, 0.3) is 5.56 Å². The Morgan fingerprint density at radius 1 is 1.36 bits per heavy atom. The second-order valence-electron chi connectivity index (χ2n) is 4.97. The van der Waals surface area contributed by atoms with Gasteiger partial charge in [-0.3, -0.25) is 4.79 Å². The van der Waals surface area contributed by atoms with Gasteiger partial charge in [-0.15, -0.1) is 5.10 Å². The summed E-state index contributed by atoms with van der Waals surface area (Å²) in [6.45, 7) is 2.46. The molecule has 3 heterocycles. The number of hydrogen-bond donors (Lipinski definition) is 1. The van der Waals surface area contributed by atoms with Crippen molar-refractivity contribution in [2.45, 2.75) is 13.5 Å². The molecule has 4 rings (SSSR count). The molecule has 0 unspecified atom stereocenters. The van der Waals surface area contributed by atoms with Crippen LogP contribution < -0.4 is 10.9 Å². The molecule has 0 bridgehead atoms. The molecule has 0 aliphatic rings. The number of rotatable bonds is 3. The summed E-state index contributed by atoms with van der Waals surface area (Å²) in [4.78, 5) is 17.6. The van der Waals surface area contributed by atoms with E-state index in [4.69, 9.17) is 4.42 Å². The van der Waals surface area contributed by atoms with E-state index in [2.05, 4.69) is 15.4 Å². The number of nitrogens with zero attached hydrogens (tertiary/aromatic N) is 3. The molecule has 7 heteroatoms. The van der Waals surface area contributed by atoms with Crippen LogP contribution in [-0.2, 0) is 6.54 Å². The fraction of sp³-hybridized carbons (Fsp3) is 0.133. The maximum atomic E-state index is 12.5. The first-order valence-corrected chi connectivity index (χ1v) is 7.59. The standard InChI is InChI=1S/C15H12N4O2S/c1-9-4-5-12-11(7-9)13(20)19-15(17-12)22-14(18-19)16-8-10-3-2-6-21-10/h2-7H,8H2,1H3,(H,16,18). The first-order chi connectivity index (χ1) is 10.7. The van der Waals surface area contributed by atoms with Gasteiger partial charge < -0.3 is 9.73 Å². The van der Waals surface area contributed by atoms with Crippen LogP contribution in [0.2, 0.25) is 0 Å². The topological polar surface area (TPSA) is 72.4 Å². The molecule has 3 aromatic heterocycles. The van der Waals surface area contributed by atoms with E-state index in [0.29, 0.717) is 27.5 Å². The summed E-state index contributed by atoms with van der Waals surface area (Å²) in [5.41, 5.74) is 1.57. The van der Waals surface area contributed by atoms with Crippen molar-refractivity contribution in [2.24, 2.45) is 0 Å². The summed E-state index contributed by atoms with van der Waals surface area (Å²) < 4.78 is 6.60. The lowest BCUT2D eigenvalue weighted by Crippen LogP contribution is -2.15. The van der Waals surface area contributed by atoms with Crippen LogP contribution in [0.15, 0.2) is 45.8 Å². The van der Waals surface area contributed by atoms with Gasteiger partial charge in [-0.05, 0) is 31.2 Å². The number of furan rings is 1. The van der Waals surface area contributed by atoms with Crippen LogP contribution in [0, 0.1) is 6.92 Å². The van der Waals surface area contributed by atoms with Crippen molar-refractivity contribution in [1.82, 2.24) is 14.6 Å². The van der Waals surface area contributed by atoms with E-state index < -0.39 is 0 Å². The SMILES string of the molecule is Cc1ccc2nc3sc(NCc4ccco4)nn3c(=O)c2c1. The van der Waals surface area contributed by atoms with Gasteiger partial charge in [-0.1, -0.05) is 23.0 Å². The molecule has 0 aliphatic heterocycles. The first-order valence-electron chi connectivity index (χ1n) is 6.77. The molecule has 0 aliphatic carbocycles. The molecular formula is C15H12N4O2S. The van der Waals surface area contributed by atoms with Gasteiger partial charge in [-0.25, -0.2) is 4.98 Å². The largest absolute Gasteiger partial charge is 0.467 e. The van der Waals surface area contributed by atoms with Gasteiger partial charge in [0.15, 0.2) is 0 Å². The van der Waals surface area contributed by atoms with E-state index in [1.54, 1.807) is 6.26 Å². The highest BCUT2D eigenvalue weighted by molar-refractivity contribution is 7.20. The van der Waals surface area contributed by atoms with Crippen LogP contribution in [0.3, 0.4) is 0 Å². The zero-order valence-electron chi connectivity index (χ0n) is 11.7. The molecular weight excluding hydrogens is 300 g/mol. The molecule has 1 aromatic carbocycles. The molecule has 0 saturated heterocycles. The number of fused-ring (bicyclic) bond motifs is 2. The fourth-order valence-electron chi connectivity index (χ4n) is 2.27. The van der Waals surface area contributed by atoms with E-state index >= 15 is 0 Å². The van der Waals surface area contributed by atoms with Gasteiger partial charge in [0.2, 0.25) is 10.1 Å². The highest BCUT2D eigenvalue weighted by Gasteiger charge is 2.11. The number of anilines is 1. The summed E-state index contributed by atoms with van der Waals surface area (Å²) in [5.74, 6) is 0.806. The number of aryl methyl sites for hydroxylation is 1. The highest BCUT2D eigenvalue weighted by Crippen LogP contribution is 2.20. The van der Waals surface area contributed by atoms with Gasteiger partial charge >= 0.3 is 0 Å². The average Bonchev–Trinajstić information content (AvgIpc) is 3.15. The predicted octanol–water partition coefficient (Wildman–Crippen LogP) is 2.82. The molecule has 0 atom stereocenters. The minimum atomic E-state index is -0.147. The van der Waals surface area contributed by atoms with Gasteiger partial charge in [0.1, 0.15) is 5.76 Å². The normalized spacial score (nSPS) is 11.3. The van der Waals surface area contributed by atoms with Crippen molar-refractivity contribution >= 4 is 32.3 Å². The molecule has 110 valence electrons. The molecule has 0 radical (unpaired) electrons. The van der Waals surface area contributed by atoms with E-state index in [1.165, 1.54) is 15.9 Å². The Morgan fingerprint density at radius 2 is 2.27 bits per heavy atom. The highest BCUT2D eigenvalue weighted by atomic mass is 32.1. The zero-order valence-corrected chi connectivity index (χ0v) is 12.6. The lowest BCUT2D eigenvalue weighted by Gasteiger charge is -1.98. The monoisotopic (exact) mass is 312 g/mol. The number of hydrogen-bond acceptors (Lipinski definition) is 6. The molecule has 4 aromatic rings. The van der Waals surface area contributed by atoms with Crippen molar-refractivity contribution in [1.29, 1.82) is 0 Å². The molecule has 0 saturated carbocycles. The fourth-order valence-corrected chi connectivity index (χ4v) is 3.06. The molecule has 0 spiro atoms. The van der Waals surface area contributed by atoms with Crippen molar-refractivity contribution in [3.05, 3.63) is 58.3 Å². The Bertz CT molecular complexity index is 1020. The Hall–Kier alpha value is -2.67. The summed E-state index contributed by atoms with van der Waals surface area (Å²) in [6.07, 6.45) is 1.62. The van der Waals surface area contributed by atoms with Crippen LogP contribution in [0.5, 0.6) is 0 Å². The van der Waals surface area contributed by atoms with Crippen LogP contribution in [-0.4, -0.2) is 14.6 Å². The Labute approximate surface area is 129 Å². The van der Waals surface area contributed by atoms with Crippen molar-refractivity contribution in [3.63, 3.8) is 0 Å². The molecule has 0 amide bonds. The van der Waals surface area contributed by atoms with E-state index in [-0.39, 0.29) is 5.56 Å². The number of nitrogens with one attached hydrogen (secondary N) is 1. The third kappa shape index (κ3) is 2.15. The van der Waals surface area contributed by atoms with Gasteiger partial charge in [0.05, 0.1) is 23.7 Å². The number of benzene rings is 1. The Balaban J connectivity index is 1.78. The molecule has 0 fully saturated rings. The second-order valence-corrected chi connectivity index (χ2v) is 5.93. The minimum absolute atomic E-state index is 0.147. The third-order valence-corrected chi connectivity index (χ3v) is 4.21. The lowest BCUT2D eigenvalue weighted by molar-refractivity contribution is 0.518. The van der Waals surface area contributed by atoms with Crippen molar-refractivity contribution in [3.8, 4) is 0 Å². The minimum Gasteiger partial charge on any atom is -0.467 e. The second kappa shape index (κ2) is 4.96. The van der Waals surface area contributed by atoms with Gasteiger partial charge in [0, 0.05) is 0 Å². The van der Waals surface area contributed by atoms with Crippen molar-refractivity contribution in [2.75, 3.05) is 5.32 Å². The van der Waals surface area contributed by atoms with E-state index in [9.17, 15) is 4.79 Å². The average molecular weight is 312 g/mol. The maximum absolute atomic E-state index is 12.5. The maximum Gasteiger partial charge on any atom is 0.283 e. The quantitative estimate of drug-likeness (QED) is 0.630. The summed E-state index contributed by atoms with van der Waals surface area (Å²) >= 11 is 1.34. The molecule has 1 N–H and O–H groups in total. The third-order valence-electron chi connectivity index (χ3n) is 3.34. The summed E-state index contributed by atoms with van der Waals surface area (Å²) in [5, 5.41) is 8.66. The number of aromatic nitrogens is 3. The van der Waals surface area contributed by atoms with Crippen LogP contribution >= 0.6 is 11.3 Å². The van der Waals surface area contributed by atoms with Gasteiger partial charge in [-0.2, -0.15) is 4.52 Å². The van der Waals surface area contributed by atoms with Crippen LogP contribution in [0.25, 0.3) is 15.9 Å².